The Labute approximate surface area is 442 Å². The van der Waals surface area contributed by atoms with Gasteiger partial charge in [-0.1, -0.05) is 69.3 Å². The van der Waals surface area contributed by atoms with Crippen molar-refractivity contribution in [2.45, 2.75) is 157 Å². The van der Waals surface area contributed by atoms with Crippen LogP contribution in [0.25, 0.3) is 11.1 Å². The lowest BCUT2D eigenvalue weighted by molar-refractivity contribution is -0.157. The van der Waals surface area contributed by atoms with Gasteiger partial charge in [-0.05, 0) is 84.6 Å². The molecule has 0 atom stereocenters. The van der Waals surface area contributed by atoms with Gasteiger partial charge in [0.25, 0.3) is 0 Å². The molecule has 0 saturated carbocycles. The molecule has 0 unspecified atom stereocenters. The fraction of sp³-hybridized carbons (Fsp3) is 0.607. The number of carbonyl (C=O) groups excluding carboxylic acids is 10. The highest BCUT2D eigenvalue weighted by Gasteiger charge is 2.30. The summed E-state index contributed by atoms with van der Waals surface area (Å²) in [6.45, 7) is 19.0. The number of esters is 3. The standard InChI is InChI=1S/C56H81N5O14/c1-53(2,3)44(63)24-30-61(34-28-51(70)75-56(10,11)12)47(66)35-57-45(64)25-31-60(48(67)36-58-52(71)72-37-43-41-19-15-13-17-39(41)40-18-14-16-20-42(40)43)29-23-38(62)21-22-46(65)59(32-26-49(68)73-54(4,5)6)33-27-50(69)74-55(7,8)9/h13-20,43H,21-37H2,1-12H3,(H,57,64)(H,58,71). The Balaban J connectivity index is 1.69. The highest BCUT2D eigenvalue weighted by Crippen LogP contribution is 2.44. The van der Waals surface area contributed by atoms with Crippen LogP contribution in [0.15, 0.2) is 48.5 Å². The van der Waals surface area contributed by atoms with Gasteiger partial charge in [0, 0.05) is 82.7 Å². The molecule has 19 nitrogen and oxygen atoms in total. The first-order valence-corrected chi connectivity index (χ1v) is 25.7. The van der Waals surface area contributed by atoms with Gasteiger partial charge in [0.2, 0.25) is 23.6 Å². The molecule has 0 aliphatic heterocycles. The van der Waals surface area contributed by atoms with Gasteiger partial charge < -0.3 is 44.3 Å². The first-order chi connectivity index (χ1) is 34.8. The van der Waals surface area contributed by atoms with Crippen LogP contribution in [0.4, 0.5) is 4.79 Å². The smallest absolute Gasteiger partial charge is 0.407 e. The topological polar surface area (TPSA) is 241 Å². The summed E-state index contributed by atoms with van der Waals surface area (Å²) in [7, 11) is 0. The average Bonchev–Trinajstić information content (AvgIpc) is 3.62. The van der Waals surface area contributed by atoms with E-state index in [1.54, 1.807) is 83.1 Å². The van der Waals surface area contributed by atoms with Crippen LogP contribution < -0.4 is 10.6 Å². The quantitative estimate of drug-likeness (QED) is 0.0722. The van der Waals surface area contributed by atoms with Gasteiger partial charge in [-0.25, -0.2) is 4.79 Å². The molecule has 0 fully saturated rings. The van der Waals surface area contributed by atoms with Crippen LogP contribution in [0.1, 0.15) is 151 Å². The molecule has 0 heterocycles. The third kappa shape index (κ3) is 23.6. The van der Waals surface area contributed by atoms with E-state index in [0.717, 1.165) is 22.3 Å². The van der Waals surface area contributed by atoms with Crippen molar-refractivity contribution in [1.82, 2.24) is 25.3 Å². The van der Waals surface area contributed by atoms with Gasteiger partial charge in [0.15, 0.2) is 0 Å². The maximum atomic E-state index is 13.8. The zero-order chi connectivity index (χ0) is 56.3. The predicted octanol–water partition coefficient (Wildman–Crippen LogP) is 6.46. The van der Waals surface area contributed by atoms with Crippen LogP contribution in [-0.2, 0) is 62.1 Å². The lowest BCUT2D eigenvalue weighted by Crippen LogP contribution is -2.45. The number of Topliss-reactive ketones (excluding diaryl/α,β-unsaturated/α-hetero) is 2. The second kappa shape index (κ2) is 28.3. The Morgan fingerprint density at radius 2 is 0.840 bits per heavy atom. The summed E-state index contributed by atoms with van der Waals surface area (Å²) >= 11 is 0. The molecule has 5 amide bonds. The Morgan fingerprint density at radius 3 is 1.28 bits per heavy atom. The largest absolute Gasteiger partial charge is 0.460 e. The maximum absolute atomic E-state index is 13.8. The molecule has 2 aromatic carbocycles. The minimum atomic E-state index is -0.862. The van der Waals surface area contributed by atoms with Gasteiger partial charge in [-0.15, -0.1) is 0 Å². The van der Waals surface area contributed by atoms with E-state index in [2.05, 4.69) is 10.6 Å². The zero-order valence-corrected chi connectivity index (χ0v) is 46.3. The van der Waals surface area contributed by atoms with Gasteiger partial charge in [-0.3, -0.25) is 43.2 Å². The molecule has 1 aliphatic rings. The summed E-state index contributed by atoms with van der Waals surface area (Å²) < 4.78 is 21.8. The lowest BCUT2D eigenvalue weighted by Gasteiger charge is -2.26. The second-order valence-corrected chi connectivity index (χ2v) is 22.6. The molecule has 0 radical (unpaired) electrons. The van der Waals surface area contributed by atoms with E-state index < -0.39 is 88.7 Å². The number of amides is 5. The molecule has 0 aromatic heterocycles. The van der Waals surface area contributed by atoms with Crippen LogP contribution in [0.3, 0.4) is 0 Å². The Hall–Kier alpha value is -6.66. The fourth-order valence-electron chi connectivity index (χ4n) is 7.86. The molecule has 1 aliphatic carbocycles. The Kier molecular flexibility index (Phi) is 23.6. The fourth-order valence-corrected chi connectivity index (χ4v) is 7.86. The minimum absolute atomic E-state index is 0.00236. The number of hydrogen-bond acceptors (Lipinski definition) is 14. The summed E-state index contributed by atoms with van der Waals surface area (Å²) in [5, 5.41) is 5.03. The summed E-state index contributed by atoms with van der Waals surface area (Å²) in [5.41, 5.74) is 1.14. The molecule has 0 saturated heterocycles. The predicted molar refractivity (Wildman–Crippen MR) is 280 cm³/mol. The van der Waals surface area contributed by atoms with Crippen molar-refractivity contribution in [2.75, 3.05) is 59.0 Å². The molecule has 3 rings (SSSR count). The Morgan fingerprint density at radius 1 is 0.453 bits per heavy atom. The van der Waals surface area contributed by atoms with Crippen molar-refractivity contribution in [3.05, 3.63) is 59.7 Å². The molecular formula is C56H81N5O14. The number of carbonyl (C=O) groups is 10. The average molecular weight is 1050 g/mol. The van der Waals surface area contributed by atoms with Crippen molar-refractivity contribution in [3.8, 4) is 11.1 Å². The molecule has 414 valence electrons. The molecule has 2 aromatic rings. The van der Waals surface area contributed by atoms with Gasteiger partial charge >= 0.3 is 24.0 Å². The lowest BCUT2D eigenvalue weighted by atomic mass is 9.89. The third-order valence-electron chi connectivity index (χ3n) is 11.6. The van der Waals surface area contributed by atoms with E-state index in [9.17, 15) is 47.9 Å². The van der Waals surface area contributed by atoms with Crippen molar-refractivity contribution in [2.24, 2.45) is 5.41 Å². The number of ketones is 2. The van der Waals surface area contributed by atoms with Crippen LogP contribution in [-0.4, -0.2) is 150 Å². The van der Waals surface area contributed by atoms with Gasteiger partial charge in [-0.2, -0.15) is 0 Å². The van der Waals surface area contributed by atoms with Crippen LogP contribution in [0, 0.1) is 5.41 Å². The monoisotopic (exact) mass is 1050 g/mol. The number of hydrogen-bond donors (Lipinski definition) is 2. The Bertz CT molecular complexity index is 2280. The normalized spacial score (nSPS) is 12.3. The molecule has 0 bridgehead atoms. The number of rotatable bonds is 27. The van der Waals surface area contributed by atoms with E-state index in [0.29, 0.717) is 0 Å². The SMILES string of the molecule is CC(C)(C)OC(=O)CCN(CCC(=O)OC(C)(C)C)C(=O)CCC(=O)CCN(CCC(=O)NCC(=O)N(CCC(=O)OC(C)(C)C)CCC(=O)C(C)(C)C)C(=O)CNC(=O)OCC1c2ccccc2-c2ccccc21. The third-order valence-corrected chi connectivity index (χ3v) is 11.6. The van der Waals surface area contributed by atoms with Gasteiger partial charge in [0.1, 0.15) is 41.5 Å². The molecule has 0 spiro atoms. The van der Waals surface area contributed by atoms with Crippen molar-refractivity contribution >= 4 is 59.2 Å². The number of benzene rings is 2. The van der Waals surface area contributed by atoms with Crippen molar-refractivity contribution in [1.29, 1.82) is 0 Å². The van der Waals surface area contributed by atoms with Crippen molar-refractivity contribution < 1.29 is 66.9 Å². The first-order valence-electron chi connectivity index (χ1n) is 25.7. The number of nitrogens with zero attached hydrogens (tertiary/aromatic N) is 3. The molecule has 75 heavy (non-hydrogen) atoms. The second-order valence-electron chi connectivity index (χ2n) is 22.6. The highest BCUT2D eigenvalue weighted by atomic mass is 16.6. The number of ether oxygens (including phenoxy) is 4. The molecule has 2 N–H and O–H groups in total. The first kappa shape index (κ1) is 62.6. The summed E-state index contributed by atoms with van der Waals surface area (Å²) in [4.78, 5) is 135. The van der Waals surface area contributed by atoms with Crippen LogP contribution in [0.2, 0.25) is 0 Å². The van der Waals surface area contributed by atoms with E-state index in [1.165, 1.54) is 14.7 Å². The zero-order valence-electron chi connectivity index (χ0n) is 46.3. The van der Waals surface area contributed by atoms with Crippen LogP contribution >= 0.6 is 0 Å². The molecule has 19 heteroatoms. The van der Waals surface area contributed by atoms with E-state index in [1.807, 2.05) is 48.5 Å². The van der Waals surface area contributed by atoms with Crippen LogP contribution in [0.5, 0.6) is 0 Å². The van der Waals surface area contributed by atoms with Gasteiger partial charge in [0.05, 0.1) is 25.8 Å². The highest BCUT2D eigenvalue weighted by molar-refractivity contribution is 5.89. The van der Waals surface area contributed by atoms with E-state index >= 15 is 0 Å². The van der Waals surface area contributed by atoms with E-state index in [-0.39, 0.29) is 109 Å². The van der Waals surface area contributed by atoms with Crippen molar-refractivity contribution in [3.63, 3.8) is 0 Å². The number of alkyl carbamates (subject to hydrolysis) is 1. The van der Waals surface area contributed by atoms with E-state index in [4.69, 9.17) is 18.9 Å². The maximum Gasteiger partial charge on any atom is 0.407 e. The molecular weight excluding hydrogens is 967 g/mol. The summed E-state index contributed by atoms with van der Waals surface area (Å²) in [6, 6.07) is 15.6. The summed E-state index contributed by atoms with van der Waals surface area (Å²) in [6.07, 6.45) is -2.36. The minimum Gasteiger partial charge on any atom is -0.460 e. The number of fused-ring (bicyclic) bond motifs is 3. The number of nitrogens with one attached hydrogen (secondary N) is 2. The summed E-state index contributed by atoms with van der Waals surface area (Å²) in [5.74, 6) is -4.70.